The van der Waals surface area contributed by atoms with Gasteiger partial charge in [0.15, 0.2) is 0 Å². The Labute approximate surface area is 104 Å². The summed E-state index contributed by atoms with van der Waals surface area (Å²) in [4.78, 5) is 0. The molecule has 4 N–H and O–H groups in total. The van der Waals surface area contributed by atoms with Crippen molar-refractivity contribution in [3.05, 3.63) is 23.0 Å². The lowest BCUT2D eigenvalue weighted by atomic mass is 10.0. The molecule has 0 saturated carbocycles. The minimum atomic E-state index is -0.896. The molecule has 1 aromatic carbocycles. The van der Waals surface area contributed by atoms with E-state index in [1.807, 2.05) is 0 Å². The zero-order valence-electron chi connectivity index (χ0n) is 9.17. The first-order chi connectivity index (χ1) is 8.00. The maximum atomic E-state index is 13.1. The minimum absolute atomic E-state index is 0.00337. The first-order valence-electron chi connectivity index (χ1n) is 5.29. The number of halogens is 2. The molecular formula is C11H14ClFN2O2. The third-order valence-corrected chi connectivity index (χ3v) is 3.07. The Bertz CT molecular complexity index is 422. The average Bonchev–Trinajstić information content (AvgIpc) is 2.69. The average molecular weight is 261 g/mol. The van der Waals surface area contributed by atoms with Crippen LogP contribution in [0.1, 0.15) is 6.42 Å². The normalized spacial score (nSPS) is 23.9. The third kappa shape index (κ3) is 2.80. The summed E-state index contributed by atoms with van der Waals surface area (Å²) in [7, 11) is 0. The van der Waals surface area contributed by atoms with Gasteiger partial charge in [0.1, 0.15) is 11.4 Å². The Kier molecular flexibility index (Phi) is 3.42. The van der Waals surface area contributed by atoms with Crippen LogP contribution in [0, 0.1) is 5.82 Å². The molecule has 94 valence electrons. The molecule has 0 amide bonds. The van der Waals surface area contributed by atoms with E-state index in [1.165, 1.54) is 6.07 Å². The number of benzene rings is 1. The van der Waals surface area contributed by atoms with Crippen LogP contribution in [0.25, 0.3) is 0 Å². The molecule has 1 aliphatic rings. The van der Waals surface area contributed by atoms with E-state index in [-0.39, 0.29) is 17.3 Å². The molecule has 17 heavy (non-hydrogen) atoms. The highest BCUT2D eigenvalue weighted by molar-refractivity contribution is 6.31. The van der Waals surface area contributed by atoms with Gasteiger partial charge in [-0.1, -0.05) is 11.6 Å². The van der Waals surface area contributed by atoms with Crippen LogP contribution in [0.15, 0.2) is 12.1 Å². The van der Waals surface area contributed by atoms with Crippen LogP contribution >= 0.6 is 11.6 Å². The Morgan fingerprint density at radius 3 is 3.00 bits per heavy atom. The third-order valence-electron chi connectivity index (χ3n) is 2.78. The van der Waals surface area contributed by atoms with Crippen molar-refractivity contribution in [3.63, 3.8) is 0 Å². The Balaban J connectivity index is 2.06. The summed E-state index contributed by atoms with van der Waals surface area (Å²) in [5.74, 6) is -0.558. The maximum Gasteiger partial charge on any atom is 0.143 e. The van der Waals surface area contributed by atoms with Gasteiger partial charge in [-0.05, 0) is 6.07 Å². The first kappa shape index (κ1) is 12.4. The molecule has 1 saturated heterocycles. The molecule has 2 rings (SSSR count). The molecule has 1 unspecified atom stereocenters. The van der Waals surface area contributed by atoms with Gasteiger partial charge in [0.25, 0.3) is 0 Å². The van der Waals surface area contributed by atoms with Gasteiger partial charge < -0.3 is 20.9 Å². The van der Waals surface area contributed by atoms with E-state index in [2.05, 4.69) is 5.32 Å². The topological polar surface area (TPSA) is 67.5 Å². The quantitative estimate of drug-likeness (QED) is 0.723. The molecule has 1 aliphatic heterocycles. The maximum absolute atomic E-state index is 13.1. The lowest BCUT2D eigenvalue weighted by molar-refractivity contribution is 0.0382. The SMILES string of the molecule is Nc1cc(F)c(Cl)cc1NCC1(O)CCOC1. The summed E-state index contributed by atoms with van der Waals surface area (Å²) in [6.45, 7) is 1.12. The molecule has 0 bridgehead atoms. The number of nitrogens with one attached hydrogen (secondary N) is 1. The molecule has 1 atom stereocenters. The van der Waals surface area contributed by atoms with Crippen molar-refractivity contribution in [1.29, 1.82) is 0 Å². The second-order valence-corrected chi connectivity index (χ2v) is 4.64. The summed E-state index contributed by atoms with van der Waals surface area (Å²) in [6.07, 6.45) is 0.564. The van der Waals surface area contributed by atoms with Gasteiger partial charge in [0.05, 0.1) is 23.0 Å². The van der Waals surface area contributed by atoms with Gasteiger partial charge >= 0.3 is 0 Å². The minimum Gasteiger partial charge on any atom is -0.397 e. The molecule has 0 aliphatic carbocycles. The first-order valence-corrected chi connectivity index (χ1v) is 5.66. The molecule has 6 heteroatoms. The lowest BCUT2D eigenvalue weighted by Gasteiger charge is -2.22. The molecule has 1 fully saturated rings. The number of aliphatic hydroxyl groups is 1. The van der Waals surface area contributed by atoms with Crippen molar-refractivity contribution in [2.75, 3.05) is 30.8 Å². The molecular weight excluding hydrogens is 247 g/mol. The fraction of sp³-hybridized carbons (Fsp3) is 0.455. The summed E-state index contributed by atoms with van der Waals surface area (Å²) in [5, 5.41) is 13.0. The van der Waals surface area contributed by atoms with Crippen LogP contribution in [0.4, 0.5) is 15.8 Å². The smallest absolute Gasteiger partial charge is 0.143 e. The fourth-order valence-electron chi connectivity index (χ4n) is 1.71. The summed E-state index contributed by atoms with van der Waals surface area (Å²) >= 11 is 5.66. The predicted octanol–water partition coefficient (Wildman–Crippen LogP) is 1.62. The molecule has 0 radical (unpaired) electrons. The standard InChI is InChI=1S/C11H14ClFN2O2/c12-7-3-10(9(14)4-8(7)13)15-5-11(16)1-2-17-6-11/h3-4,15-16H,1-2,5-6,14H2. The monoisotopic (exact) mass is 260 g/mol. The van der Waals surface area contributed by atoms with E-state index in [9.17, 15) is 9.50 Å². The zero-order valence-corrected chi connectivity index (χ0v) is 9.93. The number of rotatable bonds is 3. The second-order valence-electron chi connectivity index (χ2n) is 4.23. The second kappa shape index (κ2) is 4.68. The number of hydrogen-bond acceptors (Lipinski definition) is 4. The number of nitrogens with two attached hydrogens (primary N) is 1. The van der Waals surface area contributed by atoms with Crippen LogP contribution in [-0.2, 0) is 4.74 Å². The van der Waals surface area contributed by atoms with E-state index in [4.69, 9.17) is 22.1 Å². The van der Waals surface area contributed by atoms with Gasteiger partial charge in [-0.2, -0.15) is 0 Å². The predicted molar refractivity (Wildman–Crippen MR) is 64.7 cm³/mol. The highest BCUT2D eigenvalue weighted by Gasteiger charge is 2.32. The van der Waals surface area contributed by atoms with Crippen molar-refractivity contribution >= 4 is 23.0 Å². The number of hydrogen-bond donors (Lipinski definition) is 3. The Morgan fingerprint density at radius 2 is 2.35 bits per heavy atom. The summed E-state index contributed by atoms with van der Waals surface area (Å²) < 4.78 is 18.2. The van der Waals surface area contributed by atoms with Gasteiger partial charge in [0.2, 0.25) is 0 Å². The van der Waals surface area contributed by atoms with E-state index in [0.29, 0.717) is 25.3 Å². The van der Waals surface area contributed by atoms with Crippen LogP contribution < -0.4 is 11.1 Å². The van der Waals surface area contributed by atoms with Gasteiger partial charge in [-0.15, -0.1) is 0 Å². The molecule has 1 aromatic rings. The van der Waals surface area contributed by atoms with Gasteiger partial charge in [0, 0.05) is 25.6 Å². The fourth-order valence-corrected chi connectivity index (χ4v) is 1.87. The van der Waals surface area contributed by atoms with Crippen LogP contribution in [0.5, 0.6) is 0 Å². The Morgan fingerprint density at radius 1 is 1.59 bits per heavy atom. The van der Waals surface area contributed by atoms with E-state index < -0.39 is 11.4 Å². The lowest BCUT2D eigenvalue weighted by Crippen LogP contribution is -2.37. The summed E-state index contributed by atoms with van der Waals surface area (Å²) in [6, 6.07) is 2.56. The van der Waals surface area contributed by atoms with Crippen molar-refractivity contribution < 1.29 is 14.2 Å². The molecule has 4 nitrogen and oxygen atoms in total. The number of nitrogen functional groups attached to an aromatic ring is 1. The van der Waals surface area contributed by atoms with Crippen LogP contribution in [0.3, 0.4) is 0 Å². The van der Waals surface area contributed by atoms with Crippen molar-refractivity contribution in [2.24, 2.45) is 0 Å². The molecule has 1 heterocycles. The van der Waals surface area contributed by atoms with Crippen LogP contribution in [-0.4, -0.2) is 30.5 Å². The van der Waals surface area contributed by atoms with Crippen LogP contribution in [0.2, 0.25) is 5.02 Å². The largest absolute Gasteiger partial charge is 0.397 e. The molecule has 0 spiro atoms. The highest BCUT2D eigenvalue weighted by atomic mass is 35.5. The van der Waals surface area contributed by atoms with E-state index in [0.717, 1.165) is 6.07 Å². The number of anilines is 2. The van der Waals surface area contributed by atoms with Crippen molar-refractivity contribution in [2.45, 2.75) is 12.0 Å². The van der Waals surface area contributed by atoms with Gasteiger partial charge in [-0.3, -0.25) is 0 Å². The van der Waals surface area contributed by atoms with Gasteiger partial charge in [-0.25, -0.2) is 4.39 Å². The van der Waals surface area contributed by atoms with Crippen molar-refractivity contribution in [3.8, 4) is 0 Å². The zero-order chi connectivity index (χ0) is 12.5. The van der Waals surface area contributed by atoms with E-state index >= 15 is 0 Å². The highest BCUT2D eigenvalue weighted by Crippen LogP contribution is 2.27. The molecule has 0 aromatic heterocycles. The number of ether oxygens (including phenoxy) is 1. The van der Waals surface area contributed by atoms with E-state index in [1.54, 1.807) is 0 Å². The van der Waals surface area contributed by atoms with Crippen molar-refractivity contribution in [1.82, 2.24) is 0 Å². The Hall–Kier alpha value is -1.04. The summed E-state index contributed by atoms with van der Waals surface area (Å²) in [5.41, 5.74) is 5.52.